The van der Waals surface area contributed by atoms with Gasteiger partial charge in [-0.2, -0.15) is 5.26 Å². The maximum absolute atomic E-state index is 13.2. The number of para-hydroxylation sites is 1. The molecule has 0 aromatic heterocycles. The van der Waals surface area contributed by atoms with E-state index in [1.807, 2.05) is 30.3 Å². The van der Waals surface area contributed by atoms with E-state index in [-0.39, 0.29) is 5.82 Å². The molecule has 1 unspecified atom stereocenters. The number of benzene rings is 2. The second-order valence-electron chi connectivity index (χ2n) is 3.85. The molecule has 1 aliphatic rings. The fourth-order valence-corrected chi connectivity index (χ4v) is 2.07. The summed E-state index contributed by atoms with van der Waals surface area (Å²) in [6, 6.07) is 13.9. The van der Waals surface area contributed by atoms with Gasteiger partial charge < -0.3 is 4.74 Å². The van der Waals surface area contributed by atoms with Crippen LogP contribution in [-0.2, 0) is 0 Å². The molecule has 17 heavy (non-hydrogen) atoms. The summed E-state index contributed by atoms with van der Waals surface area (Å²) in [6.07, 6.45) is -0.740. The van der Waals surface area contributed by atoms with Crippen LogP contribution in [0.15, 0.2) is 42.5 Å². The van der Waals surface area contributed by atoms with Crippen molar-refractivity contribution in [3.63, 3.8) is 0 Å². The Morgan fingerprint density at radius 2 is 1.94 bits per heavy atom. The number of rotatable bonds is 0. The Balaban J connectivity index is 2.29. The first-order chi connectivity index (χ1) is 8.29. The molecule has 2 aromatic carbocycles. The zero-order valence-corrected chi connectivity index (χ0v) is 8.85. The predicted octanol–water partition coefficient (Wildman–Crippen LogP) is 3.45. The van der Waals surface area contributed by atoms with Gasteiger partial charge in [0.05, 0.1) is 0 Å². The molecule has 3 heteroatoms. The molecule has 0 bridgehead atoms. The topological polar surface area (TPSA) is 33.0 Å². The van der Waals surface area contributed by atoms with Gasteiger partial charge in [-0.15, -0.1) is 0 Å². The monoisotopic (exact) mass is 225 g/mol. The third-order valence-corrected chi connectivity index (χ3v) is 2.84. The summed E-state index contributed by atoms with van der Waals surface area (Å²) in [5, 5.41) is 9.06. The second-order valence-corrected chi connectivity index (χ2v) is 3.85. The molecular weight excluding hydrogens is 217 g/mol. The summed E-state index contributed by atoms with van der Waals surface area (Å²) in [5.41, 5.74) is 2.35. The zero-order valence-electron chi connectivity index (χ0n) is 8.85. The van der Waals surface area contributed by atoms with Crippen LogP contribution in [0.5, 0.6) is 5.75 Å². The molecule has 0 radical (unpaired) electrons. The largest absolute Gasteiger partial charge is 0.470 e. The van der Waals surface area contributed by atoms with Crippen LogP contribution in [0, 0.1) is 17.1 Å². The summed E-state index contributed by atoms with van der Waals surface area (Å²) < 4.78 is 18.8. The Bertz CT molecular complexity index is 630. The minimum atomic E-state index is -0.740. The number of nitriles is 1. The van der Waals surface area contributed by atoms with Crippen LogP contribution in [0.1, 0.15) is 11.7 Å². The van der Waals surface area contributed by atoms with E-state index in [0.29, 0.717) is 11.3 Å². The number of ether oxygens (including phenoxy) is 1. The second kappa shape index (κ2) is 3.60. The van der Waals surface area contributed by atoms with Gasteiger partial charge in [0.25, 0.3) is 0 Å². The molecule has 3 rings (SSSR count). The van der Waals surface area contributed by atoms with Gasteiger partial charge in [-0.25, -0.2) is 4.39 Å². The van der Waals surface area contributed by atoms with E-state index in [0.717, 1.165) is 11.1 Å². The van der Waals surface area contributed by atoms with Crippen molar-refractivity contribution < 1.29 is 9.13 Å². The van der Waals surface area contributed by atoms with E-state index >= 15 is 0 Å². The normalized spacial score (nSPS) is 16.4. The molecule has 2 nitrogen and oxygen atoms in total. The van der Waals surface area contributed by atoms with Gasteiger partial charge in [-0.05, 0) is 23.8 Å². The molecule has 0 saturated carbocycles. The lowest BCUT2D eigenvalue weighted by Crippen LogP contribution is -2.12. The molecule has 0 N–H and O–H groups in total. The van der Waals surface area contributed by atoms with E-state index in [4.69, 9.17) is 10.00 Å². The quantitative estimate of drug-likeness (QED) is 0.688. The number of fused-ring (bicyclic) bond motifs is 3. The van der Waals surface area contributed by atoms with Crippen LogP contribution in [0.4, 0.5) is 4.39 Å². The summed E-state index contributed by atoms with van der Waals surface area (Å²) >= 11 is 0. The first-order valence-corrected chi connectivity index (χ1v) is 5.25. The van der Waals surface area contributed by atoms with Crippen LogP contribution < -0.4 is 4.74 Å². The Morgan fingerprint density at radius 1 is 1.12 bits per heavy atom. The fourth-order valence-electron chi connectivity index (χ4n) is 2.07. The fraction of sp³-hybridized carbons (Fsp3) is 0.0714. The van der Waals surface area contributed by atoms with E-state index < -0.39 is 6.10 Å². The van der Waals surface area contributed by atoms with Crippen molar-refractivity contribution in [3.05, 3.63) is 53.8 Å². The smallest absolute Gasteiger partial charge is 0.210 e. The highest BCUT2D eigenvalue weighted by Crippen LogP contribution is 2.41. The van der Waals surface area contributed by atoms with Gasteiger partial charge in [0.15, 0.2) is 0 Å². The third-order valence-electron chi connectivity index (χ3n) is 2.84. The number of nitrogens with zero attached hydrogens (tertiary/aromatic N) is 1. The molecule has 0 fully saturated rings. The van der Waals surface area contributed by atoms with Crippen molar-refractivity contribution in [2.45, 2.75) is 6.10 Å². The summed E-state index contributed by atoms with van der Waals surface area (Å²) in [6.45, 7) is 0. The lowest BCUT2D eigenvalue weighted by Gasteiger charge is -2.24. The van der Waals surface area contributed by atoms with Gasteiger partial charge in [0.1, 0.15) is 17.6 Å². The lowest BCUT2D eigenvalue weighted by molar-refractivity contribution is 0.258. The molecule has 0 aliphatic carbocycles. The molecule has 1 aliphatic heterocycles. The van der Waals surface area contributed by atoms with Crippen LogP contribution in [0.25, 0.3) is 11.1 Å². The first kappa shape index (κ1) is 9.86. The van der Waals surface area contributed by atoms with Crippen molar-refractivity contribution in [1.82, 2.24) is 0 Å². The summed E-state index contributed by atoms with van der Waals surface area (Å²) in [5.74, 6) is 0.310. The number of hydrogen-bond donors (Lipinski definition) is 0. The predicted molar refractivity (Wildman–Crippen MR) is 60.8 cm³/mol. The molecule has 1 heterocycles. The van der Waals surface area contributed by atoms with Crippen molar-refractivity contribution in [3.8, 4) is 22.9 Å². The van der Waals surface area contributed by atoms with Crippen molar-refractivity contribution in [1.29, 1.82) is 5.26 Å². The van der Waals surface area contributed by atoms with Crippen molar-refractivity contribution >= 4 is 0 Å². The molecule has 0 saturated heterocycles. The maximum Gasteiger partial charge on any atom is 0.210 e. The lowest BCUT2D eigenvalue weighted by atomic mass is 9.93. The zero-order chi connectivity index (χ0) is 11.8. The van der Waals surface area contributed by atoms with Crippen molar-refractivity contribution in [2.24, 2.45) is 0 Å². The first-order valence-electron chi connectivity index (χ1n) is 5.25. The highest BCUT2D eigenvalue weighted by molar-refractivity contribution is 5.76. The SMILES string of the molecule is N#CC1Oc2ccccc2-c2ccc(F)cc21. The Hall–Kier alpha value is -2.34. The van der Waals surface area contributed by atoms with Crippen LogP contribution >= 0.6 is 0 Å². The highest BCUT2D eigenvalue weighted by Gasteiger charge is 2.25. The Morgan fingerprint density at radius 3 is 2.76 bits per heavy atom. The molecule has 0 spiro atoms. The van der Waals surface area contributed by atoms with Crippen LogP contribution in [0.2, 0.25) is 0 Å². The molecule has 0 amide bonds. The van der Waals surface area contributed by atoms with Crippen LogP contribution in [0.3, 0.4) is 0 Å². The standard InChI is InChI=1S/C14H8FNO/c15-9-5-6-10-11-3-1-2-4-13(11)17-14(8-16)12(10)7-9/h1-7,14H. The number of halogens is 1. The maximum atomic E-state index is 13.2. The van der Waals surface area contributed by atoms with E-state index in [2.05, 4.69) is 0 Å². The summed E-state index contributed by atoms with van der Waals surface area (Å²) in [7, 11) is 0. The van der Waals surface area contributed by atoms with E-state index in [1.165, 1.54) is 12.1 Å². The van der Waals surface area contributed by atoms with Gasteiger partial charge in [0.2, 0.25) is 6.10 Å². The third kappa shape index (κ3) is 1.46. The average molecular weight is 225 g/mol. The molecular formula is C14H8FNO. The van der Waals surface area contributed by atoms with Gasteiger partial charge in [0, 0.05) is 11.1 Å². The van der Waals surface area contributed by atoms with Gasteiger partial charge in [-0.1, -0.05) is 24.3 Å². The average Bonchev–Trinajstić information content (AvgIpc) is 2.37. The summed E-state index contributed by atoms with van der Waals surface area (Å²) in [4.78, 5) is 0. The molecule has 82 valence electrons. The highest BCUT2D eigenvalue weighted by atomic mass is 19.1. The minimum Gasteiger partial charge on any atom is -0.470 e. The van der Waals surface area contributed by atoms with Crippen molar-refractivity contribution in [2.75, 3.05) is 0 Å². The van der Waals surface area contributed by atoms with Crippen LogP contribution in [-0.4, -0.2) is 0 Å². The van der Waals surface area contributed by atoms with Gasteiger partial charge in [-0.3, -0.25) is 0 Å². The van der Waals surface area contributed by atoms with Gasteiger partial charge >= 0.3 is 0 Å². The molecule has 1 atom stereocenters. The number of hydrogen-bond acceptors (Lipinski definition) is 2. The Labute approximate surface area is 97.9 Å². The van der Waals surface area contributed by atoms with E-state index in [1.54, 1.807) is 6.07 Å². The minimum absolute atomic E-state index is 0.355. The molecule has 2 aromatic rings. The van der Waals surface area contributed by atoms with E-state index in [9.17, 15) is 4.39 Å². The Kier molecular flexibility index (Phi) is 2.09.